The number of hydrogen-bond donors (Lipinski definition) is 1. The van der Waals surface area contributed by atoms with Crippen LogP contribution in [0.1, 0.15) is 27.0 Å². The molecule has 0 aliphatic rings. The van der Waals surface area contributed by atoms with Gasteiger partial charge in [0, 0.05) is 17.7 Å². The Kier molecular flexibility index (Phi) is 5.64. The van der Waals surface area contributed by atoms with Crippen molar-refractivity contribution in [3.8, 4) is 11.8 Å². The van der Waals surface area contributed by atoms with Crippen molar-refractivity contribution in [2.24, 2.45) is 0 Å². The number of hydrogen-bond acceptors (Lipinski definition) is 3. The molecule has 4 nitrogen and oxygen atoms in total. The number of ether oxygens (including phenoxy) is 1. The van der Waals surface area contributed by atoms with E-state index in [9.17, 15) is 4.79 Å². The molecule has 3 aromatic rings. The molecule has 0 radical (unpaired) electrons. The van der Waals surface area contributed by atoms with Gasteiger partial charge in [-0.3, -0.25) is 4.79 Å². The van der Waals surface area contributed by atoms with E-state index in [1.165, 1.54) is 0 Å². The van der Waals surface area contributed by atoms with Crippen molar-refractivity contribution < 1.29 is 9.53 Å². The zero-order valence-electron chi connectivity index (χ0n) is 14.2. The van der Waals surface area contributed by atoms with Crippen LogP contribution in [0.25, 0.3) is 0 Å². The minimum atomic E-state index is -0.151. The number of nitrogens with one attached hydrogen (secondary N) is 1. The van der Waals surface area contributed by atoms with E-state index in [1.54, 1.807) is 18.2 Å². The Morgan fingerprint density at radius 1 is 0.923 bits per heavy atom. The molecule has 0 fully saturated rings. The van der Waals surface area contributed by atoms with Gasteiger partial charge in [-0.1, -0.05) is 48.5 Å². The third-order valence-electron chi connectivity index (χ3n) is 3.94. The highest BCUT2D eigenvalue weighted by Gasteiger charge is 2.11. The van der Waals surface area contributed by atoms with Crippen molar-refractivity contribution >= 4 is 5.91 Å². The lowest BCUT2D eigenvalue weighted by Gasteiger charge is -2.11. The number of carbonyl (C=O) groups is 1. The van der Waals surface area contributed by atoms with Crippen molar-refractivity contribution in [3.63, 3.8) is 0 Å². The van der Waals surface area contributed by atoms with Gasteiger partial charge in [-0.05, 0) is 35.9 Å². The first-order chi connectivity index (χ1) is 12.8. The van der Waals surface area contributed by atoms with Crippen LogP contribution in [0.3, 0.4) is 0 Å². The number of para-hydroxylation sites is 1. The lowest BCUT2D eigenvalue weighted by Crippen LogP contribution is -2.24. The second-order valence-electron chi connectivity index (χ2n) is 5.75. The van der Waals surface area contributed by atoms with Gasteiger partial charge >= 0.3 is 0 Å². The largest absolute Gasteiger partial charge is 0.489 e. The maximum atomic E-state index is 12.6. The molecule has 26 heavy (non-hydrogen) atoms. The van der Waals surface area contributed by atoms with Gasteiger partial charge in [0.25, 0.3) is 5.91 Å². The van der Waals surface area contributed by atoms with Gasteiger partial charge in [-0.25, -0.2) is 0 Å². The van der Waals surface area contributed by atoms with Crippen molar-refractivity contribution in [2.75, 3.05) is 0 Å². The molecule has 0 atom stereocenters. The molecule has 3 aromatic carbocycles. The first kappa shape index (κ1) is 17.2. The fourth-order valence-corrected chi connectivity index (χ4v) is 2.52. The molecule has 1 amide bonds. The normalized spacial score (nSPS) is 9.96. The predicted molar refractivity (Wildman–Crippen MR) is 99.5 cm³/mol. The Balaban J connectivity index is 1.64. The third kappa shape index (κ3) is 4.49. The zero-order chi connectivity index (χ0) is 18.2. The number of amides is 1. The van der Waals surface area contributed by atoms with E-state index in [4.69, 9.17) is 10.00 Å². The Hall–Kier alpha value is -3.58. The Morgan fingerprint density at radius 2 is 1.62 bits per heavy atom. The first-order valence-corrected chi connectivity index (χ1v) is 8.29. The summed E-state index contributed by atoms with van der Waals surface area (Å²) < 4.78 is 5.76. The molecule has 0 aromatic heterocycles. The standard InChI is InChI=1S/C22H18N2O2/c23-14-17-10-12-18(13-11-17)15-24-22(25)21-9-5-4-6-19(21)16-26-20-7-2-1-3-8-20/h1-13H,15-16H2,(H,24,25). The van der Waals surface area contributed by atoms with Gasteiger partial charge in [0.1, 0.15) is 12.4 Å². The van der Waals surface area contributed by atoms with Crippen LogP contribution in [0.2, 0.25) is 0 Å². The van der Waals surface area contributed by atoms with Crippen molar-refractivity contribution in [3.05, 3.63) is 101 Å². The quantitative estimate of drug-likeness (QED) is 0.734. The molecule has 1 N–H and O–H groups in total. The van der Waals surface area contributed by atoms with Crippen molar-refractivity contribution in [2.45, 2.75) is 13.2 Å². The summed E-state index contributed by atoms with van der Waals surface area (Å²) in [5.74, 6) is 0.613. The summed E-state index contributed by atoms with van der Waals surface area (Å²) in [6, 6.07) is 26.1. The van der Waals surface area contributed by atoms with Crippen LogP contribution < -0.4 is 10.1 Å². The van der Waals surface area contributed by atoms with Crippen LogP contribution in [-0.2, 0) is 13.2 Å². The molecule has 0 unspecified atom stereocenters. The van der Waals surface area contributed by atoms with E-state index >= 15 is 0 Å². The maximum Gasteiger partial charge on any atom is 0.251 e. The van der Waals surface area contributed by atoms with E-state index in [0.717, 1.165) is 16.9 Å². The number of nitriles is 1. The topological polar surface area (TPSA) is 62.1 Å². The Labute approximate surface area is 152 Å². The fourth-order valence-electron chi connectivity index (χ4n) is 2.52. The average Bonchev–Trinajstić information content (AvgIpc) is 2.72. The molecule has 128 valence electrons. The molecule has 0 aliphatic heterocycles. The first-order valence-electron chi connectivity index (χ1n) is 8.29. The maximum absolute atomic E-state index is 12.6. The number of benzene rings is 3. The van der Waals surface area contributed by atoms with Crippen molar-refractivity contribution in [1.82, 2.24) is 5.32 Å². The summed E-state index contributed by atoms with van der Waals surface area (Å²) in [5, 5.41) is 11.7. The summed E-state index contributed by atoms with van der Waals surface area (Å²) in [7, 11) is 0. The van der Waals surface area contributed by atoms with E-state index in [1.807, 2.05) is 60.7 Å². The van der Waals surface area contributed by atoms with Gasteiger partial charge in [0.15, 0.2) is 0 Å². The molecule has 0 saturated carbocycles. The minimum Gasteiger partial charge on any atom is -0.489 e. The number of carbonyl (C=O) groups excluding carboxylic acids is 1. The Bertz CT molecular complexity index is 913. The second-order valence-corrected chi connectivity index (χ2v) is 5.75. The molecule has 0 saturated heterocycles. The molecule has 0 spiro atoms. The fraction of sp³-hybridized carbons (Fsp3) is 0.0909. The third-order valence-corrected chi connectivity index (χ3v) is 3.94. The Morgan fingerprint density at radius 3 is 2.35 bits per heavy atom. The smallest absolute Gasteiger partial charge is 0.251 e. The lowest BCUT2D eigenvalue weighted by molar-refractivity contribution is 0.0948. The van der Waals surface area contributed by atoms with Gasteiger partial charge < -0.3 is 10.1 Å². The summed E-state index contributed by atoms with van der Waals surface area (Å²) >= 11 is 0. The molecule has 4 heteroatoms. The number of rotatable bonds is 6. The van der Waals surface area contributed by atoms with Crippen LogP contribution >= 0.6 is 0 Å². The molecule has 0 aliphatic carbocycles. The van der Waals surface area contributed by atoms with Crippen LogP contribution in [0, 0.1) is 11.3 Å². The van der Waals surface area contributed by atoms with Gasteiger partial charge in [-0.15, -0.1) is 0 Å². The van der Waals surface area contributed by atoms with Crippen LogP contribution in [0.5, 0.6) is 5.75 Å². The van der Waals surface area contributed by atoms with Crippen LogP contribution in [0.15, 0.2) is 78.9 Å². The molecule has 0 bridgehead atoms. The average molecular weight is 342 g/mol. The van der Waals surface area contributed by atoms with Crippen LogP contribution in [-0.4, -0.2) is 5.91 Å². The zero-order valence-corrected chi connectivity index (χ0v) is 14.2. The van der Waals surface area contributed by atoms with Gasteiger partial charge in [0.2, 0.25) is 0 Å². The van der Waals surface area contributed by atoms with E-state index in [2.05, 4.69) is 11.4 Å². The van der Waals surface area contributed by atoms with Gasteiger partial charge in [0.05, 0.1) is 11.6 Å². The minimum absolute atomic E-state index is 0.151. The lowest BCUT2D eigenvalue weighted by atomic mass is 10.1. The van der Waals surface area contributed by atoms with Gasteiger partial charge in [-0.2, -0.15) is 5.26 Å². The predicted octanol–water partition coefficient (Wildman–Crippen LogP) is 4.07. The van der Waals surface area contributed by atoms with Crippen LogP contribution in [0.4, 0.5) is 0 Å². The summed E-state index contributed by atoms with van der Waals surface area (Å²) in [5.41, 5.74) is 2.96. The highest BCUT2D eigenvalue weighted by molar-refractivity contribution is 5.95. The molecule has 0 heterocycles. The summed E-state index contributed by atoms with van der Waals surface area (Å²) in [6.45, 7) is 0.725. The van der Waals surface area contributed by atoms with Crippen molar-refractivity contribution in [1.29, 1.82) is 5.26 Å². The summed E-state index contributed by atoms with van der Waals surface area (Å²) in [6.07, 6.45) is 0. The monoisotopic (exact) mass is 342 g/mol. The van der Waals surface area contributed by atoms with E-state index in [-0.39, 0.29) is 5.91 Å². The number of nitrogens with zero attached hydrogens (tertiary/aromatic N) is 1. The molecular formula is C22H18N2O2. The highest BCUT2D eigenvalue weighted by Crippen LogP contribution is 2.15. The molecular weight excluding hydrogens is 324 g/mol. The summed E-state index contributed by atoms with van der Waals surface area (Å²) in [4.78, 5) is 12.6. The van der Waals surface area contributed by atoms with E-state index < -0.39 is 0 Å². The van der Waals surface area contributed by atoms with E-state index in [0.29, 0.717) is 24.3 Å². The molecule has 3 rings (SSSR count). The highest BCUT2D eigenvalue weighted by atomic mass is 16.5. The second kappa shape index (κ2) is 8.50. The SMILES string of the molecule is N#Cc1ccc(CNC(=O)c2ccccc2COc2ccccc2)cc1.